The van der Waals surface area contributed by atoms with Gasteiger partial charge in [-0.15, -0.1) is 0 Å². The van der Waals surface area contributed by atoms with Gasteiger partial charge in [-0.05, 0) is 38.0 Å². The van der Waals surface area contributed by atoms with Crippen molar-refractivity contribution in [1.29, 1.82) is 0 Å². The average molecular weight is 301 g/mol. The van der Waals surface area contributed by atoms with Gasteiger partial charge in [0.25, 0.3) is 0 Å². The molecule has 0 amide bonds. The van der Waals surface area contributed by atoms with Crippen LogP contribution in [0.3, 0.4) is 0 Å². The molecule has 0 radical (unpaired) electrons. The summed E-state index contributed by atoms with van der Waals surface area (Å²) in [7, 11) is 0. The SMILES string of the molecule is Cc1ccc2c(C)cc(OCCCN3CCOCC3)nc2n1. The van der Waals surface area contributed by atoms with E-state index in [0.29, 0.717) is 12.5 Å². The summed E-state index contributed by atoms with van der Waals surface area (Å²) < 4.78 is 11.2. The Bertz CT molecular complexity index is 639. The van der Waals surface area contributed by atoms with Crippen LogP contribution in [0.25, 0.3) is 11.0 Å². The number of morpholine rings is 1. The number of hydrogen-bond donors (Lipinski definition) is 0. The molecule has 0 aliphatic carbocycles. The van der Waals surface area contributed by atoms with Crippen LogP contribution in [0, 0.1) is 13.8 Å². The summed E-state index contributed by atoms with van der Waals surface area (Å²) in [6.07, 6.45) is 1.00. The Hall–Kier alpha value is -1.72. The van der Waals surface area contributed by atoms with Gasteiger partial charge in [-0.1, -0.05) is 0 Å². The molecule has 0 unspecified atom stereocenters. The molecule has 1 saturated heterocycles. The maximum Gasteiger partial charge on any atom is 0.215 e. The van der Waals surface area contributed by atoms with Crippen molar-refractivity contribution in [3.63, 3.8) is 0 Å². The molecule has 22 heavy (non-hydrogen) atoms. The first-order valence-corrected chi connectivity index (χ1v) is 7.90. The fourth-order valence-corrected chi connectivity index (χ4v) is 2.70. The third-order valence-corrected chi connectivity index (χ3v) is 3.97. The van der Waals surface area contributed by atoms with Crippen LogP contribution in [0.2, 0.25) is 0 Å². The summed E-state index contributed by atoms with van der Waals surface area (Å²) in [4.78, 5) is 11.4. The van der Waals surface area contributed by atoms with E-state index in [2.05, 4.69) is 27.9 Å². The highest BCUT2D eigenvalue weighted by atomic mass is 16.5. The van der Waals surface area contributed by atoms with E-state index in [1.165, 1.54) is 0 Å². The van der Waals surface area contributed by atoms with Gasteiger partial charge in [0, 0.05) is 36.8 Å². The second kappa shape index (κ2) is 7.03. The number of nitrogens with zero attached hydrogens (tertiary/aromatic N) is 3. The van der Waals surface area contributed by atoms with Gasteiger partial charge in [0.05, 0.1) is 19.8 Å². The fraction of sp³-hybridized carbons (Fsp3) is 0.529. The van der Waals surface area contributed by atoms with Gasteiger partial charge in [0.1, 0.15) is 0 Å². The van der Waals surface area contributed by atoms with Crippen molar-refractivity contribution >= 4 is 11.0 Å². The molecular formula is C17H23N3O2. The Balaban J connectivity index is 1.57. The predicted octanol–water partition coefficient (Wildman–Crippen LogP) is 2.35. The van der Waals surface area contributed by atoms with Crippen molar-refractivity contribution in [3.05, 3.63) is 29.5 Å². The molecule has 3 rings (SSSR count). The molecule has 3 heterocycles. The highest BCUT2D eigenvalue weighted by Crippen LogP contribution is 2.20. The number of aryl methyl sites for hydroxylation is 2. The van der Waals surface area contributed by atoms with Crippen LogP contribution in [0.1, 0.15) is 17.7 Å². The number of hydrogen-bond acceptors (Lipinski definition) is 5. The molecule has 2 aromatic rings. The minimum Gasteiger partial charge on any atom is -0.478 e. The second-order valence-electron chi connectivity index (χ2n) is 5.76. The van der Waals surface area contributed by atoms with Gasteiger partial charge in [-0.2, -0.15) is 4.98 Å². The van der Waals surface area contributed by atoms with E-state index in [1.807, 2.05) is 19.1 Å². The molecule has 5 heteroatoms. The molecule has 1 fully saturated rings. The third kappa shape index (κ3) is 3.72. The zero-order chi connectivity index (χ0) is 15.4. The third-order valence-electron chi connectivity index (χ3n) is 3.97. The van der Waals surface area contributed by atoms with Gasteiger partial charge in [-0.25, -0.2) is 4.98 Å². The zero-order valence-electron chi connectivity index (χ0n) is 13.3. The van der Waals surface area contributed by atoms with E-state index in [4.69, 9.17) is 9.47 Å². The molecule has 0 atom stereocenters. The number of aromatic nitrogens is 2. The highest BCUT2D eigenvalue weighted by molar-refractivity contribution is 5.79. The summed E-state index contributed by atoms with van der Waals surface area (Å²) >= 11 is 0. The van der Waals surface area contributed by atoms with Crippen molar-refractivity contribution < 1.29 is 9.47 Å². The summed E-state index contributed by atoms with van der Waals surface area (Å²) in [5, 5.41) is 1.09. The maximum atomic E-state index is 5.82. The van der Waals surface area contributed by atoms with E-state index in [0.717, 1.165) is 61.6 Å². The summed E-state index contributed by atoms with van der Waals surface area (Å²) in [5.41, 5.74) is 2.90. The van der Waals surface area contributed by atoms with Crippen molar-refractivity contribution in [1.82, 2.24) is 14.9 Å². The molecular weight excluding hydrogens is 278 g/mol. The monoisotopic (exact) mass is 301 g/mol. The van der Waals surface area contributed by atoms with E-state index >= 15 is 0 Å². The first-order valence-electron chi connectivity index (χ1n) is 7.90. The van der Waals surface area contributed by atoms with Crippen LogP contribution >= 0.6 is 0 Å². The van der Waals surface area contributed by atoms with Gasteiger partial charge < -0.3 is 9.47 Å². The molecule has 0 N–H and O–H groups in total. The standard InChI is InChI=1S/C17H23N3O2/c1-13-12-16(19-17-15(13)5-4-14(2)18-17)22-9-3-6-20-7-10-21-11-8-20/h4-5,12H,3,6-11H2,1-2H3. The summed E-state index contributed by atoms with van der Waals surface area (Å²) in [6, 6.07) is 6.08. The lowest BCUT2D eigenvalue weighted by Crippen LogP contribution is -2.37. The quantitative estimate of drug-likeness (QED) is 0.793. The van der Waals surface area contributed by atoms with Crippen LogP contribution in [0.5, 0.6) is 5.88 Å². The second-order valence-corrected chi connectivity index (χ2v) is 5.76. The van der Waals surface area contributed by atoms with E-state index < -0.39 is 0 Å². The Kier molecular flexibility index (Phi) is 4.85. The Morgan fingerprint density at radius 1 is 1.18 bits per heavy atom. The minimum absolute atomic E-state index is 0.671. The Morgan fingerprint density at radius 2 is 2.00 bits per heavy atom. The fourth-order valence-electron chi connectivity index (χ4n) is 2.70. The molecule has 5 nitrogen and oxygen atoms in total. The van der Waals surface area contributed by atoms with Crippen LogP contribution in [0.4, 0.5) is 0 Å². The lowest BCUT2D eigenvalue weighted by molar-refractivity contribution is 0.0357. The Morgan fingerprint density at radius 3 is 2.82 bits per heavy atom. The molecule has 0 saturated carbocycles. The van der Waals surface area contributed by atoms with Gasteiger partial charge in [0.15, 0.2) is 5.65 Å². The first-order chi connectivity index (χ1) is 10.7. The van der Waals surface area contributed by atoms with Crippen LogP contribution in [-0.2, 0) is 4.74 Å². The van der Waals surface area contributed by atoms with E-state index in [9.17, 15) is 0 Å². The molecule has 1 aliphatic heterocycles. The number of fused-ring (bicyclic) bond motifs is 1. The van der Waals surface area contributed by atoms with E-state index in [-0.39, 0.29) is 0 Å². The maximum absolute atomic E-state index is 5.82. The average Bonchev–Trinajstić information content (AvgIpc) is 2.52. The van der Waals surface area contributed by atoms with E-state index in [1.54, 1.807) is 0 Å². The van der Waals surface area contributed by atoms with Crippen LogP contribution < -0.4 is 4.74 Å². The largest absolute Gasteiger partial charge is 0.478 e. The van der Waals surface area contributed by atoms with Gasteiger partial charge in [-0.3, -0.25) is 4.90 Å². The predicted molar refractivity (Wildman–Crippen MR) is 86.4 cm³/mol. The van der Waals surface area contributed by atoms with Crippen LogP contribution in [0.15, 0.2) is 18.2 Å². The minimum atomic E-state index is 0.671. The van der Waals surface area contributed by atoms with Crippen molar-refractivity contribution in [3.8, 4) is 5.88 Å². The number of ether oxygens (including phenoxy) is 2. The van der Waals surface area contributed by atoms with Crippen LogP contribution in [-0.4, -0.2) is 54.3 Å². The highest BCUT2D eigenvalue weighted by Gasteiger charge is 2.10. The molecule has 0 aromatic carbocycles. The van der Waals surface area contributed by atoms with Crippen molar-refractivity contribution in [2.75, 3.05) is 39.5 Å². The number of rotatable bonds is 5. The zero-order valence-corrected chi connectivity index (χ0v) is 13.3. The summed E-state index contributed by atoms with van der Waals surface area (Å²) in [6.45, 7) is 9.52. The van der Waals surface area contributed by atoms with Crippen molar-refractivity contribution in [2.45, 2.75) is 20.3 Å². The van der Waals surface area contributed by atoms with Crippen molar-refractivity contribution in [2.24, 2.45) is 0 Å². The normalized spacial score (nSPS) is 16.1. The first kappa shape index (κ1) is 15.2. The molecule has 0 bridgehead atoms. The number of pyridine rings is 2. The molecule has 0 spiro atoms. The topological polar surface area (TPSA) is 47.5 Å². The molecule has 1 aliphatic rings. The summed E-state index contributed by atoms with van der Waals surface area (Å²) in [5.74, 6) is 0.671. The van der Waals surface area contributed by atoms with Gasteiger partial charge in [0.2, 0.25) is 5.88 Å². The Labute approximate surface area is 131 Å². The lowest BCUT2D eigenvalue weighted by Gasteiger charge is -2.26. The lowest BCUT2D eigenvalue weighted by atomic mass is 10.2. The molecule has 118 valence electrons. The molecule has 2 aromatic heterocycles. The smallest absolute Gasteiger partial charge is 0.215 e. The van der Waals surface area contributed by atoms with Gasteiger partial charge >= 0.3 is 0 Å².